The molecule has 14 rings (SSSR count). The van der Waals surface area contributed by atoms with Crippen molar-refractivity contribution < 1.29 is 29.9 Å². The Kier molecular flexibility index (Phi) is 23.8. The van der Waals surface area contributed by atoms with Crippen molar-refractivity contribution in [2.75, 3.05) is 0 Å². The number of hydrogen-bond acceptors (Lipinski definition) is 4. The van der Waals surface area contributed by atoms with Crippen LogP contribution in [0, 0.1) is 77.6 Å². The van der Waals surface area contributed by atoms with Crippen LogP contribution < -0.4 is 19.4 Å². The third-order valence-corrected chi connectivity index (χ3v) is 26.3. The van der Waals surface area contributed by atoms with Crippen molar-refractivity contribution in [2.45, 2.75) is 285 Å². The van der Waals surface area contributed by atoms with Crippen LogP contribution in [0.2, 0.25) is 0 Å². The van der Waals surface area contributed by atoms with E-state index < -0.39 is 0 Å². The standard InChI is InChI=1S/C44H58N3O.C43H59N2O.Pd/c1-28-17-9-13-23-33(28)37-27-38(34-24-14-10-18-29(34)2)46-41(37)44(48-32-21-7-6-8-22-32)43-39(35-25-15-11-19-30(35)3)42(45-5)40(47-43)36-26-16-12-20-31(36)4;1-28-16-8-12-22-33(28)37-26-39(35-24-14-10-18-30(35)3)44-41(37)43(46-32-20-6-5-7-21-32)42-38(34-23-13-9-17-29(34)2)27-40(45-42)36-25-15-11-19-31(36)4;/h6-8,21-22,27-31,33-36H,9-20,23-26H2,1-4H3;5-7,20-21,26-31,33-36H,8-19,22-25H2,1-4H3;/q2*-1;+2/b44-41+;43-41+;. The molecule has 0 amide bonds. The molecule has 0 N–H and O–H groups in total. The molecular formula is C87H117N5O2Pd. The number of nitrogens with zero attached hydrogens (tertiary/aromatic N) is 5. The third-order valence-electron chi connectivity index (χ3n) is 26.3. The first-order valence-electron chi connectivity index (χ1n) is 39.2. The molecule has 2 aliphatic heterocycles. The van der Waals surface area contributed by atoms with E-state index in [1.165, 1.54) is 232 Å². The van der Waals surface area contributed by atoms with Crippen LogP contribution in [-0.4, -0.2) is 11.4 Å². The molecule has 4 heterocycles. The summed E-state index contributed by atoms with van der Waals surface area (Å²) < 4.78 is 14.3. The van der Waals surface area contributed by atoms with Gasteiger partial charge in [0.15, 0.2) is 5.69 Å². The number of benzene rings is 2. The van der Waals surface area contributed by atoms with E-state index in [0.29, 0.717) is 94.7 Å². The van der Waals surface area contributed by atoms with Gasteiger partial charge >= 0.3 is 20.4 Å². The molecule has 8 fully saturated rings. The minimum Gasteiger partial charge on any atom is -0.668 e. The van der Waals surface area contributed by atoms with E-state index in [2.05, 4.69) is 139 Å². The van der Waals surface area contributed by atoms with Crippen LogP contribution in [0.1, 0.15) is 318 Å². The smallest absolute Gasteiger partial charge is 0.668 e. The second-order valence-corrected chi connectivity index (χ2v) is 32.6. The number of para-hydroxylation sites is 2. The molecule has 95 heavy (non-hydrogen) atoms. The van der Waals surface area contributed by atoms with Crippen molar-refractivity contribution in [2.24, 2.45) is 81.0 Å². The zero-order valence-corrected chi connectivity index (χ0v) is 61.3. The Bertz CT molecular complexity index is 3460. The summed E-state index contributed by atoms with van der Waals surface area (Å²) in [6, 6.07) is 23.4. The van der Waals surface area contributed by atoms with Crippen molar-refractivity contribution >= 4 is 28.6 Å². The van der Waals surface area contributed by atoms with Gasteiger partial charge in [-0.3, -0.25) is 0 Å². The molecule has 0 spiro atoms. The Morgan fingerprint density at radius 2 is 0.726 bits per heavy atom. The summed E-state index contributed by atoms with van der Waals surface area (Å²) in [6.07, 6.45) is 45.8. The van der Waals surface area contributed by atoms with Crippen molar-refractivity contribution in [3.63, 3.8) is 0 Å². The molecule has 2 aromatic carbocycles. The maximum atomic E-state index is 8.68. The second kappa shape index (κ2) is 32.4. The number of ether oxygens (including phenoxy) is 2. The molecule has 10 aliphatic rings. The van der Waals surface area contributed by atoms with Crippen molar-refractivity contribution in [1.29, 1.82) is 0 Å². The van der Waals surface area contributed by atoms with Gasteiger partial charge in [0.05, 0.1) is 6.57 Å². The van der Waals surface area contributed by atoms with Gasteiger partial charge in [0, 0.05) is 23.3 Å². The van der Waals surface area contributed by atoms with Gasteiger partial charge in [0.25, 0.3) is 0 Å². The Morgan fingerprint density at radius 3 is 1.12 bits per heavy atom. The van der Waals surface area contributed by atoms with Gasteiger partial charge in [-0.1, -0.05) is 274 Å². The first kappa shape index (κ1) is 69.9. The quantitative estimate of drug-likeness (QED) is 0.0716. The number of hydrogen-bond donors (Lipinski definition) is 0. The van der Waals surface area contributed by atoms with Crippen LogP contribution in [0.3, 0.4) is 0 Å². The normalized spacial score (nSPS) is 34.0. The SMILES string of the molecule is CC1CCCCC1C1=CC(C2CCCCC2C)=N/C1=C(/Oc1ccccc1)c1[n-]c(C2CCCCC2C)cc1C1CCCCC1C.[C-]#[N+]c1c(C2CCCCC2C)[n-]c(/C(Oc2ccccc2)=C2\N=C(C3CCCCC3C)C=C2C2CCCCC2C)c1C1CCCCC1C.[Pd+2]. The summed E-state index contributed by atoms with van der Waals surface area (Å²) in [7, 11) is 0. The summed E-state index contributed by atoms with van der Waals surface area (Å²) in [6.45, 7) is 28.3. The molecule has 7 nitrogen and oxygen atoms in total. The molecule has 8 heteroatoms. The van der Waals surface area contributed by atoms with Gasteiger partial charge in [-0.2, -0.15) is 11.4 Å². The fourth-order valence-electron chi connectivity index (χ4n) is 20.4. The van der Waals surface area contributed by atoms with Crippen LogP contribution in [-0.2, 0) is 20.4 Å². The first-order valence-corrected chi connectivity index (χ1v) is 39.2. The van der Waals surface area contributed by atoms with E-state index in [1.54, 1.807) is 0 Å². The molecule has 4 aromatic rings. The van der Waals surface area contributed by atoms with E-state index in [9.17, 15) is 0 Å². The molecule has 0 saturated heterocycles. The zero-order chi connectivity index (χ0) is 64.8. The molecule has 16 atom stereocenters. The van der Waals surface area contributed by atoms with E-state index in [-0.39, 0.29) is 20.4 Å². The molecule has 2 aromatic heterocycles. The number of aliphatic imine (C=N–C) groups is 2. The van der Waals surface area contributed by atoms with Gasteiger partial charge in [-0.15, -0.1) is 0 Å². The van der Waals surface area contributed by atoms with E-state index >= 15 is 0 Å². The third kappa shape index (κ3) is 15.4. The predicted octanol–water partition coefficient (Wildman–Crippen LogP) is 24.6. The second-order valence-electron chi connectivity index (χ2n) is 32.6. The van der Waals surface area contributed by atoms with Crippen LogP contribution in [0.25, 0.3) is 16.4 Å². The molecule has 8 saturated carbocycles. The maximum Gasteiger partial charge on any atom is 2.00 e. The average molecular weight is 1370 g/mol. The van der Waals surface area contributed by atoms with Crippen molar-refractivity contribution in [1.82, 2.24) is 9.97 Å². The molecule has 512 valence electrons. The minimum atomic E-state index is 0. The van der Waals surface area contributed by atoms with Gasteiger partial charge in [0.2, 0.25) is 0 Å². The molecular weight excluding hydrogens is 1250 g/mol. The molecule has 0 bridgehead atoms. The fraction of sp³-hybridized carbons (Fsp3) is 0.644. The van der Waals surface area contributed by atoms with Gasteiger partial charge < -0.3 is 19.4 Å². The van der Waals surface area contributed by atoms with Crippen LogP contribution in [0.15, 0.2) is 111 Å². The van der Waals surface area contributed by atoms with E-state index in [4.69, 9.17) is 36.0 Å². The Balaban J connectivity index is 0.000000180. The monoisotopic (exact) mass is 1370 g/mol. The van der Waals surface area contributed by atoms with Crippen molar-refractivity contribution in [3.05, 3.63) is 147 Å². The topological polar surface area (TPSA) is 75.7 Å². The summed E-state index contributed by atoms with van der Waals surface area (Å²) in [4.78, 5) is 27.2. The number of rotatable bonds is 14. The van der Waals surface area contributed by atoms with Gasteiger partial charge in [-0.05, 0) is 182 Å². The van der Waals surface area contributed by atoms with Gasteiger partial charge in [-0.25, -0.2) is 14.8 Å². The summed E-state index contributed by atoms with van der Waals surface area (Å²) in [5.74, 6) is 12.2. The van der Waals surface area contributed by atoms with E-state index in [0.717, 1.165) is 70.0 Å². The zero-order valence-electron chi connectivity index (χ0n) is 59.7. The first-order chi connectivity index (χ1) is 45.9. The van der Waals surface area contributed by atoms with Crippen molar-refractivity contribution in [3.8, 4) is 11.5 Å². The van der Waals surface area contributed by atoms with Crippen LogP contribution in [0.5, 0.6) is 11.5 Å². The van der Waals surface area contributed by atoms with Gasteiger partial charge in [0.1, 0.15) is 34.4 Å². The largest absolute Gasteiger partial charge is 2.00 e. The Hall–Kier alpha value is -4.95. The summed E-state index contributed by atoms with van der Waals surface area (Å²) >= 11 is 0. The maximum absolute atomic E-state index is 8.68. The number of aromatic nitrogens is 2. The molecule has 8 aliphatic carbocycles. The van der Waals surface area contributed by atoms with Crippen LogP contribution >= 0.6 is 0 Å². The molecule has 16 unspecified atom stereocenters. The summed E-state index contributed by atoms with van der Waals surface area (Å²) in [5.41, 5.74) is 15.4. The molecule has 0 radical (unpaired) electrons. The van der Waals surface area contributed by atoms with Crippen LogP contribution in [0.4, 0.5) is 5.69 Å². The Morgan fingerprint density at radius 1 is 0.389 bits per heavy atom. The van der Waals surface area contributed by atoms with E-state index in [1.807, 2.05) is 0 Å². The fourth-order valence-corrected chi connectivity index (χ4v) is 20.4. The average Bonchev–Trinajstić information content (AvgIpc) is 1.68. The number of allylic oxidation sites excluding steroid dienone is 4. The Labute approximate surface area is 588 Å². The minimum absolute atomic E-state index is 0. The summed E-state index contributed by atoms with van der Waals surface area (Å²) in [5, 5.41) is 0. The predicted molar refractivity (Wildman–Crippen MR) is 391 cm³/mol.